The van der Waals surface area contributed by atoms with E-state index >= 15 is 0 Å². The maximum atomic E-state index is 12.6. The van der Waals surface area contributed by atoms with Gasteiger partial charge < -0.3 is 5.32 Å². The lowest BCUT2D eigenvalue weighted by Gasteiger charge is -2.28. The zero-order valence-electron chi connectivity index (χ0n) is 15.4. The normalized spacial score (nSPS) is 14.4. The molecule has 0 radical (unpaired) electrons. The van der Waals surface area contributed by atoms with Crippen molar-refractivity contribution in [3.05, 3.63) is 0 Å². The first-order valence-electron chi connectivity index (χ1n) is 8.98. The Hall–Kier alpha value is -0.620. The van der Waals surface area contributed by atoms with E-state index in [1.165, 1.54) is 19.3 Å². The summed E-state index contributed by atoms with van der Waals surface area (Å²) in [4.78, 5) is 12.6. The lowest BCUT2D eigenvalue weighted by molar-refractivity contribution is -0.131. The molecule has 0 rings (SSSR count). The molecule has 0 fully saturated rings. The van der Waals surface area contributed by atoms with Crippen LogP contribution in [0.1, 0.15) is 78.6 Å². The molecule has 138 valence electrons. The number of rotatable bonds is 14. The molecule has 0 aromatic carbocycles. The van der Waals surface area contributed by atoms with Crippen molar-refractivity contribution in [2.24, 2.45) is 5.41 Å². The van der Waals surface area contributed by atoms with E-state index in [1.807, 2.05) is 6.92 Å². The summed E-state index contributed by atoms with van der Waals surface area (Å²) >= 11 is 0. The summed E-state index contributed by atoms with van der Waals surface area (Å²) in [6, 6.07) is 0. The van der Waals surface area contributed by atoms with E-state index in [4.69, 9.17) is 0 Å². The highest BCUT2D eigenvalue weighted by Crippen LogP contribution is 2.31. The van der Waals surface area contributed by atoms with Crippen LogP contribution in [0.15, 0.2) is 0 Å². The van der Waals surface area contributed by atoms with Crippen LogP contribution in [-0.4, -0.2) is 33.7 Å². The highest BCUT2D eigenvalue weighted by Gasteiger charge is 2.31. The Balaban J connectivity index is 4.41. The van der Waals surface area contributed by atoms with Crippen LogP contribution in [0, 0.1) is 5.41 Å². The lowest BCUT2D eigenvalue weighted by atomic mass is 9.79. The van der Waals surface area contributed by atoms with Gasteiger partial charge in [-0.05, 0) is 12.8 Å². The van der Waals surface area contributed by atoms with Gasteiger partial charge in [0.15, 0.2) is 0 Å². The van der Waals surface area contributed by atoms with Crippen molar-refractivity contribution in [1.82, 2.24) is 10.0 Å². The number of unbranched alkanes of at least 4 members (excludes halogenated alkanes) is 5. The number of sulfonamides is 1. The molecular weight excluding hydrogens is 312 g/mol. The molecule has 1 unspecified atom stereocenters. The molecule has 0 bridgehead atoms. The maximum Gasteiger partial charge on any atom is 0.225 e. The minimum Gasteiger partial charge on any atom is -0.354 e. The number of carbonyl (C=O) groups is 1. The highest BCUT2D eigenvalue weighted by atomic mass is 32.2. The van der Waals surface area contributed by atoms with Crippen LogP contribution in [0.5, 0.6) is 0 Å². The van der Waals surface area contributed by atoms with Gasteiger partial charge in [0.05, 0.1) is 6.26 Å². The number of carbonyl (C=O) groups excluding carboxylic acids is 1. The Morgan fingerprint density at radius 2 is 1.43 bits per heavy atom. The second-order valence-corrected chi connectivity index (χ2v) is 8.58. The molecule has 1 amide bonds. The lowest BCUT2D eigenvalue weighted by Crippen LogP contribution is -2.42. The van der Waals surface area contributed by atoms with Crippen molar-refractivity contribution in [3.63, 3.8) is 0 Å². The van der Waals surface area contributed by atoms with Gasteiger partial charge in [0.2, 0.25) is 15.9 Å². The topological polar surface area (TPSA) is 75.3 Å². The van der Waals surface area contributed by atoms with Crippen LogP contribution < -0.4 is 10.0 Å². The molecule has 23 heavy (non-hydrogen) atoms. The van der Waals surface area contributed by atoms with E-state index in [9.17, 15) is 13.2 Å². The van der Waals surface area contributed by atoms with E-state index in [-0.39, 0.29) is 17.9 Å². The average molecular weight is 349 g/mol. The van der Waals surface area contributed by atoms with Gasteiger partial charge in [0.1, 0.15) is 0 Å². The Morgan fingerprint density at radius 1 is 0.913 bits per heavy atom. The number of amides is 1. The molecule has 6 heteroatoms. The first-order valence-corrected chi connectivity index (χ1v) is 10.9. The Morgan fingerprint density at radius 3 is 1.96 bits per heavy atom. The smallest absolute Gasteiger partial charge is 0.225 e. The molecule has 0 aliphatic carbocycles. The van der Waals surface area contributed by atoms with Crippen molar-refractivity contribution in [3.8, 4) is 0 Å². The van der Waals surface area contributed by atoms with Gasteiger partial charge in [-0.1, -0.05) is 65.7 Å². The van der Waals surface area contributed by atoms with Gasteiger partial charge in [-0.15, -0.1) is 0 Å². The summed E-state index contributed by atoms with van der Waals surface area (Å²) < 4.78 is 24.5. The monoisotopic (exact) mass is 348 g/mol. The first kappa shape index (κ1) is 22.4. The van der Waals surface area contributed by atoms with E-state index in [0.717, 1.165) is 44.8 Å². The van der Waals surface area contributed by atoms with Crippen LogP contribution in [0.3, 0.4) is 0 Å². The molecule has 0 aliphatic heterocycles. The van der Waals surface area contributed by atoms with Crippen molar-refractivity contribution in [1.29, 1.82) is 0 Å². The number of hydrogen-bond acceptors (Lipinski definition) is 3. The third-order valence-corrected chi connectivity index (χ3v) is 4.97. The summed E-state index contributed by atoms with van der Waals surface area (Å²) in [6.45, 7) is 6.97. The highest BCUT2D eigenvalue weighted by molar-refractivity contribution is 7.88. The summed E-state index contributed by atoms with van der Waals surface area (Å²) in [6.07, 6.45) is 10.9. The van der Waals surface area contributed by atoms with Crippen LogP contribution in [-0.2, 0) is 14.8 Å². The Bertz CT molecular complexity index is 424. The maximum absolute atomic E-state index is 12.6. The second-order valence-electron chi connectivity index (χ2n) is 6.75. The van der Waals surface area contributed by atoms with E-state index < -0.39 is 10.0 Å². The van der Waals surface area contributed by atoms with E-state index in [2.05, 4.69) is 23.9 Å². The van der Waals surface area contributed by atoms with Gasteiger partial charge in [-0.3, -0.25) is 4.79 Å². The van der Waals surface area contributed by atoms with Crippen molar-refractivity contribution in [2.75, 3.05) is 19.3 Å². The van der Waals surface area contributed by atoms with Crippen LogP contribution in [0.4, 0.5) is 0 Å². The summed E-state index contributed by atoms with van der Waals surface area (Å²) in [7, 11) is -3.20. The zero-order chi connectivity index (χ0) is 17.8. The van der Waals surface area contributed by atoms with Crippen LogP contribution in [0.2, 0.25) is 0 Å². The van der Waals surface area contributed by atoms with E-state index in [1.54, 1.807) is 0 Å². The van der Waals surface area contributed by atoms with Crippen molar-refractivity contribution < 1.29 is 13.2 Å². The molecular formula is C17H36N2O3S. The Kier molecular flexibility index (Phi) is 11.5. The molecule has 0 spiro atoms. The molecule has 0 saturated heterocycles. The number of hydrogen-bond donors (Lipinski definition) is 2. The Labute approximate surface area is 143 Å². The molecule has 2 N–H and O–H groups in total. The van der Waals surface area contributed by atoms with Gasteiger partial charge >= 0.3 is 0 Å². The van der Waals surface area contributed by atoms with Crippen LogP contribution in [0.25, 0.3) is 0 Å². The predicted octanol–water partition coefficient (Wildman–Crippen LogP) is 3.21. The molecule has 0 saturated carbocycles. The van der Waals surface area contributed by atoms with E-state index in [0.29, 0.717) is 6.54 Å². The first-order chi connectivity index (χ1) is 10.7. The van der Waals surface area contributed by atoms with Crippen LogP contribution >= 0.6 is 0 Å². The quantitative estimate of drug-likeness (QED) is 0.473. The third kappa shape index (κ3) is 11.5. The average Bonchev–Trinajstić information content (AvgIpc) is 2.47. The van der Waals surface area contributed by atoms with Crippen molar-refractivity contribution in [2.45, 2.75) is 78.6 Å². The molecule has 0 aliphatic rings. The standard InChI is InChI=1S/C17H36N2O3S/c1-5-7-9-11-13-17(3,12-10-8-6-2)16(20)18-14-15-19-23(4,21)22/h19H,5-15H2,1-4H3,(H,18,20). The molecule has 0 aromatic rings. The molecule has 1 atom stereocenters. The third-order valence-electron chi connectivity index (χ3n) is 4.24. The summed E-state index contributed by atoms with van der Waals surface area (Å²) in [5.41, 5.74) is -0.339. The molecule has 5 nitrogen and oxygen atoms in total. The largest absolute Gasteiger partial charge is 0.354 e. The zero-order valence-corrected chi connectivity index (χ0v) is 16.2. The minimum atomic E-state index is -3.20. The number of nitrogens with one attached hydrogen (secondary N) is 2. The molecule has 0 heterocycles. The minimum absolute atomic E-state index is 0.0559. The van der Waals surface area contributed by atoms with Gasteiger partial charge in [0.25, 0.3) is 0 Å². The SMILES string of the molecule is CCCCCCC(C)(CCCCC)C(=O)NCCNS(C)(=O)=O. The predicted molar refractivity (Wildman–Crippen MR) is 96.9 cm³/mol. The fraction of sp³-hybridized carbons (Fsp3) is 0.941. The fourth-order valence-electron chi connectivity index (χ4n) is 2.69. The summed E-state index contributed by atoms with van der Waals surface area (Å²) in [5, 5.41) is 2.90. The van der Waals surface area contributed by atoms with Gasteiger partial charge in [-0.2, -0.15) is 0 Å². The van der Waals surface area contributed by atoms with Crippen molar-refractivity contribution >= 4 is 15.9 Å². The van der Waals surface area contributed by atoms with Gasteiger partial charge in [0, 0.05) is 18.5 Å². The second kappa shape index (κ2) is 11.8. The fourth-order valence-corrected chi connectivity index (χ4v) is 3.16. The van der Waals surface area contributed by atoms with Gasteiger partial charge in [-0.25, -0.2) is 13.1 Å². The molecule has 0 aromatic heterocycles. The summed E-state index contributed by atoms with van der Waals surface area (Å²) in [5.74, 6) is 0.0559.